The Hall–Kier alpha value is -1.85. The van der Waals surface area contributed by atoms with Crippen LogP contribution in [0.5, 0.6) is 0 Å². The maximum atomic E-state index is 12.3. The molecule has 0 aliphatic heterocycles. The number of ether oxygens (including phenoxy) is 1. The van der Waals surface area contributed by atoms with Crippen molar-refractivity contribution >= 4 is 11.9 Å². The number of esters is 1. The Balaban J connectivity index is 1.89. The van der Waals surface area contributed by atoms with Crippen LogP contribution in [0.3, 0.4) is 0 Å². The number of likely N-dealkylation sites (N-methyl/N-ethyl adjacent to an activating group) is 1. The van der Waals surface area contributed by atoms with Gasteiger partial charge in [0.05, 0.1) is 5.69 Å². The molecule has 0 spiro atoms. The predicted octanol–water partition coefficient (Wildman–Crippen LogP) is 2.23. The molecule has 1 aliphatic rings. The minimum absolute atomic E-state index is 0.142. The Morgan fingerprint density at radius 2 is 1.87 bits per heavy atom. The number of carbonyl (C=O) groups excluding carboxylic acids is 2. The standard InChI is InChI=1S/C17H27N3O3/c1-11-6-8-14(9-7-11)19(4)15(21)10-23-17(22)16-12(2)18-20(5)13(16)3/h11,14H,6-10H2,1-5H3. The van der Waals surface area contributed by atoms with Crippen LogP contribution in [0, 0.1) is 19.8 Å². The van der Waals surface area contributed by atoms with Crippen LogP contribution in [-0.2, 0) is 16.6 Å². The summed E-state index contributed by atoms with van der Waals surface area (Å²) in [7, 11) is 3.58. The van der Waals surface area contributed by atoms with Crippen LogP contribution in [0.1, 0.15) is 54.4 Å². The molecular formula is C17H27N3O3. The molecule has 0 radical (unpaired) electrons. The van der Waals surface area contributed by atoms with Crippen LogP contribution in [0.4, 0.5) is 0 Å². The first-order chi connectivity index (χ1) is 10.8. The summed E-state index contributed by atoms with van der Waals surface area (Å²) >= 11 is 0. The average molecular weight is 321 g/mol. The van der Waals surface area contributed by atoms with E-state index < -0.39 is 5.97 Å². The molecule has 0 saturated heterocycles. The van der Waals surface area contributed by atoms with Crippen LogP contribution in [0.15, 0.2) is 0 Å². The molecule has 1 aromatic heterocycles. The molecule has 6 heteroatoms. The van der Waals surface area contributed by atoms with Gasteiger partial charge in [0, 0.05) is 25.8 Å². The third-order valence-electron chi connectivity index (χ3n) is 4.97. The largest absolute Gasteiger partial charge is 0.452 e. The third kappa shape index (κ3) is 3.92. The minimum atomic E-state index is -0.480. The summed E-state index contributed by atoms with van der Waals surface area (Å²) in [5.74, 6) is 0.119. The van der Waals surface area contributed by atoms with Gasteiger partial charge in [-0.05, 0) is 45.4 Å². The fraction of sp³-hybridized carbons (Fsp3) is 0.706. The molecule has 1 fully saturated rings. The number of aromatic nitrogens is 2. The fourth-order valence-electron chi connectivity index (χ4n) is 3.20. The van der Waals surface area contributed by atoms with E-state index in [0.717, 1.165) is 37.3 Å². The van der Waals surface area contributed by atoms with Gasteiger partial charge in [-0.2, -0.15) is 5.10 Å². The molecule has 1 aromatic rings. The molecule has 0 bridgehead atoms. The quantitative estimate of drug-likeness (QED) is 0.798. The van der Waals surface area contributed by atoms with Crippen molar-refractivity contribution in [2.45, 2.75) is 52.5 Å². The van der Waals surface area contributed by atoms with E-state index in [4.69, 9.17) is 4.74 Å². The van der Waals surface area contributed by atoms with E-state index in [1.165, 1.54) is 0 Å². The minimum Gasteiger partial charge on any atom is -0.452 e. The van der Waals surface area contributed by atoms with Crippen molar-refractivity contribution < 1.29 is 14.3 Å². The molecule has 0 atom stereocenters. The lowest BCUT2D eigenvalue weighted by Crippen LogP contribution is -2.41. The average Bonchev–Trinajstić information content (AvgIpc) is 2.77. The van der Waals surface area contributed by atoms with Crippen LogP contribution in [-0.4, -0.2) is 46.3 Å². The van der Waals surface area contributed by atoms with Gasteiger partial charge in [0.25, 0.3) is 5.91 Å². The molecule has 6 nitrogen and oxygen atoms in total. The molecule has 0 N–H and O–H groups in total. The van der Waals surface area contributed by atoms with Gasteiger partial charge in [-0.15, -0.1) is 0 Å². The molecule has 0 aromatic carbocycles. The van der Waals surface area contributed by atoms with Crippen molar-refractivity contribution in [1.29, 1.82) is 0 Å². The topological polar surface area (TPSA) is 64.4 Å². The number of carbonyl (C=O) groups is 2. The summed E-state index contributed by atoms with van der Waals surface area (Å²) in [6.07, 6.45) is 4.35. The monoisotopic (exact) mass is 321 g/mol. The van der Waals surface area contributed by atoms with E-state index >= 15 is 0 Å². The highest BCUT2D eigenvalue weighted by atomic mass is 16.5. The van der Waals surface area contributed by atoms with E-state index in [-0.39, 0.29) is 18.6 Å². The molecule has 2 rings (SSSR count). The Morgan fingerprint density at radius 1 is 1.26 bits per heavy atom. The Kier molecular flexibility index (Phi) is 5.44. The second kappa shape index (κ2) is 7.15. The lowest BCUT2D eigenvalue weighted by molar-refractivity contribution is -0.136. The number of nitrogens with zero attached hydrogens (tertiary/aromatic N) is 3. The first kappa shape index (κ1) is 17.5. The zero-order valence-electron chi connectivity index (χ0n) is 14.8. The molecule has 1 saturated carbocycles. The molecule has 1 heterocycles. The number of rotatable bonds is 4. The highest BCUT2D eigenvalue weighted by Crippen LogP contribution is 2.26. The van der Waals surface area contributed by atoms with Gasteiger partial charge in [0.2, 0.25) is 0 Å². The summed E-state index contributed by atoms with van der Waals surface area (Å²) in [5.41, 5.74) is 1.82. The number of hydrogen-bond donors (Lipinski definition) is 0. The zero-order chi connectivity index (χ0) is 17.1. The first-order valence-corrected chi connectivity index (χ1v) is 8.24. The van der Waals surface area contributed by atoms with Gasteiger partial charge in [-0.3, -0.25) is 9.48 Å². The second-order valence-electron chi connectivity index (χ2n) is 6.66. The van der Waals surface area contributed by atoms with Crippen molar-refractivity contribution in [3.05, 3.63) is 17.0 Å². The first-order valence-electron chi connectivity index (χ1n) is 8.24. The van der Waals surface area contributed by atoms with E-state index in [0.29, 0.717) is 11.3 Å². The van der Waals surface area contributed by atoms with Crippen LogP contribution in [0.2, 0.25) is 0 Å². The highest BCUT2D eigenvalue weighted by Gasteiger charge is 2.26. The van der Waals surface area contributed by atoms with Gasteiger partial charge in [-0.1, -0.05) is 6.92 Å². The van der Waals surface area contributed by atoms with Crippen molar-refractivity contribution in [2.75, 3.05) is 13.7 Å². The molecule has 128 valence electrons. The van der Waals surface area contributed by atoms with E-state index in [9.17, 15) is 9.59 Å². The lowest BCUT2D eigenvalue weighted by Gasteiger charge is -2.33. The third-order valence-corrected chi connectivity index (χ3v) is 4.97. The van der Waals surface area contributed by atoms with Crippen molar-refractivity contribution in [3.8, 4) is 0 Å². The maximum Gasteiger partial charge on any atom is 0.342 e. The molecule has 1 aliphatic carbocycles. The Labute approximate surface area is 137 Å². The highest BCUT2D eigenvalue weighted by molar-refractivity contribution is 5.93. The van der Waals surface area contributed by atoms with E-state index in [1.807, 2.05) is 6.92 Å². The van der Waals surface area contributed by atoms with Crippen LogP contribution >= 0.6 is 0 Å². The van der Waals surface area contributed by atoms with Crippen molar-refractivity contribution in [3.63, 3.8) is 0 Å². The zero-order valence-corrected chi connectivity index (χ0v) is 14.8. The summed E-state index contributed by atoms with van der Waals surface area (Å²) in [6.45, 7) is 5.61. The van der Waals surface area contributed by atoms with E-state index in [1.54, 1.807) is 30.6 Å². The number of amides is 1. The number of hydrogen-bond acceptors (Lipinski definition) is 4. The molecule has 1 amide bonds. The number of aryl methyl sites for hydroxylation is 2. The maximum absolute atomic E-state index is 12.3. The van der Waals surface area contributed by atoms with Gasteiger partial charge < -0.3 is 9.64 Å². The molecule has 0 unspecified atom stereocenters. The SMILES string of the molecule is Cc1nn(C)c(C)c1C(=O)OCC(=O)N(C)C1CCC(C)CC1. The van der Waals surface area contributed by atoms with Gasteiger partial charge in [0.1, 0.15) is 5.56 Å². The summed E-state index contributed by atoms with van der Waals surface area (Å²) in [6, 6.07) is 0.263. The normalized spacial score (nSPS) is 21.1. The smallest absolute Gasteiger partial charge is 0.342 e. The fourth-order valence-corrected chi connectivity index (χ4v) is 3.20. The van der Waals surface area contributed by atoms with Gasteiger partial charge in [-0.25, -0.2) is 4.79 Å². The predicted molar refractivity (Wildman–Crippen MR) is 87.2 cm³/mol. The molecular weight excluding hydrogens is 294 g/mol. The van der Waals surface area contributed by atoms with Crippen LogP contribution in [0.25, 0.3) is 0 Å². The van der Waals surface area contributed by atoms with Crippen LogP contribution < -0.4 is 0 Å². The van der Waals surface area contributed by atoms with Crippen molar-refractivity contribution in [1.82, 2.24) is 14.7 Å². The van der Waals surface area contributed by atoms with Crippen molar-refractivity contribution in [2.24, 2.45) is 13.0 Å². The summed E-state index contributed by atoms with van der Waals surface area (Å²) in [5, 5.41) is 4.19. The Bertz CT molecular complexity index is 586. The molecule has 23 heavy (non-hydrogen) atoms. The summed E-state index contributed by atoms with van der Waals surface area (Å²) < 4.78 is 6.86. The van der Waals surface area contributed by atoms with Gasteiger partial charge >= 0.3 is 5.97 Å². The van der Waals surface area contributed by atoms with E-state index in [2.05, 4.69) is 12.0 Å². The second-order valence-corrected chi connectivity index (χ2v) is 6.66. The summed E-state index contributed by atoms with van der Waals surface area (Å²) in [4.78, 5) is 26.2. The lowest BCUT2D eigenvalue weighted by atomic mass is 9.87. The Morgan fingerprint density at radius 3 is 2.39 bits per heavy atom. The van der Waals surface area contributed by atoms with Gasteiger partial charge in [0.15, 0.2) is 6.61 Å².